The van der Waals surface area contributed by atoms with E-state index in [0.717, 1.165) is 11.8 Å². The Kier molecular flexibility index (Phi) is 4.49. The summed E-state index contributed by atoms with van der Waals surface area (Å²) in [5, 5.41) is 0. The second-order valence-electron chi connectivity index (χ2n) is 9.57. The largest absolute Gasteiger partial charge is 0.468 e. The summed E-state index contributed by atoms with van der Waals surface area (Å²) in [6.07, 6.45) is 8.59. The molecule has 28 heavy (non-hydrogen) atoms. The van der Waals surface area contributed by atoms with Crippen molar-refractivity contribution in [1.82, 2.24) is 0 Å². The molecule has 0 aromatic carbocycles. The maximum atomic E-state index is 12.1. The fourth-order valence-corrected chi connectivity index (χ4v) is 6.94. The molecule has 6 aliphatic rings. The van der Waals surface area contributed by atoms with Crippen LogP contribution in [0.5, 0.6) is 0 Å². The minimum absolute atomic E-state index is 0.132. The van der Waals surface area contributed by atoms with Gasteiger partial charge in [-0.2, -0.15) is 9.78 Å². The Hall–Kier alpha value is -1.18. The SMILES string of the molecule is COC(=O)C(C(=O)OC)C1CCC2(CC1)OOC1(O2)C2CC3CC(C2)CC1C3. The topological polar surface area (TPSA) is 80.3 Å². The molecule has 156 valence electrons. The zero-order chi connectivity index (χ0) is 19.5. The Labute approximate surface area is 165 Å². The van der Waals surface area contributed by atoms with Crippen molar-refractivity contribution in [2.24, 2.45) is 35.5 Å². The molecule has 5 saturated carbocycles. The van der Waals surface area contributed by atoms with Crippen LogP contribution in [-0.4, -0.2) is 37.7 Å². The minimum Gasteiger partial charge on any atom is -0.468 e. The Balaban J connectivity index is 1.28. The fourth-order valence-electron chi connectivity index (χ4n) is 6.94. The normalized spacial score (nSPS) is 46.5. The maximum Gasteiger partial charge on any atom is 0.320 e. The summed E-state index contributed by atoms with van der Waals surface area (Å²) in [5.41, 5.74) is 0. The van der Waals surface area contributed by atoms with Gasteiger partial charge in [0.05, 0.1) is 14.2 Å². The maximum absolute atomic E-state index is 12.1. The lowest BCUT2D eigenvalue weighted by molar-refractivity contribution is -0.390. The van der Waals surface area contributed by atoms with Gasteiger partial charge in [0.25, 0.3) is 0 Å². The molecule has 0 aromatic heterocycles. The molecular formula is C21H30O7. The molecule has 7 heteroatoms. The van der Waals surface area contributed by atoms with Crippen molar-refractivity contribution in [3.63, 3.8) is 0 Å². The first kappa shape index (κ1) is 18.8. The van der Waals surface area contributed by atoms with E-state index in [1.54, 1.807) is 0 Å². The molecular weight excluding hydrogens is 364 g/mol. The average molecular weight is 394 g/mol. The predicted octanol–water partition coefficient (Wildman–Crippen LogP) is 2.97. The van der Waals surface area contributed by atoms with Gasteiger partial charge in [-0.1, -0.05) is 0 Å². The summed E-state index contributed by atoms with van der Waals surface area (Å²) in [5.74, 6) is -0.894. The Morgan fingerprint density at radius 1 is 0.857 bits per heavy atom. The second kappa shape index (κ2) is 6.67. The van der Waals surface area contributed by atoms with Crippen LogP contribution in [0, 0.1) is 35.5 Å². The van der Waals surface area contributed by atoms with E-state index in [9.17, 15) is 9.59 Å². The summed E-state index contributed by atoms with van der Waals surface area (Å²) in [4.78, 5) is 36.2. The van der Waals surface area contributed by atoms with E-state index in [-0.39, 0.29) is 5.92 Å². The van der Waals surface area contributed by atoms with Crippen LogP contribution >= 0.6 is 0 Å². The highest BCUT2D eigenvalue weighted by Gasteiger charge is 2.67. The van der Waals surface area contributed by atoms with Gasteiger partial charge >= 0.3 is 11.9 Å². The molecule has 6 fully saturated rings. The van der Waals surface area contributed by atoms with E-state index >= 15 is 0 Å². The second-order valence-corrected chi connectivity index (χ2v) is 9.57. The number of methoxy groups -OCH3 is 2. The van der Waals surface area contributed by atoms with Crippen LogP contribution in [-0.2, 0) is 33.6 Å². The van der Waals surface area contributed by atoms with Crippen molar-refractivity contribution >= 4 is 11.9 Å². The highest BCUT2D eigenvalue weighted by molar-refractivity contribution is 5.95. The lowest BCUT2D eigenvalue weighted by Gasteiger charge is -2.57. The summed E-state index contributed by atoms with van der Waals surface area (Å²) < 4.78 is 16.3. The van der Waals surface area contributed by atoms with Crippen molar-refractivity contribution in [1.29, 1.82) is 0 Å². The number of carbonyl (C=O) groups excluding carboxylic acids is 2. The Bertz CT molecular complexity index is 607. The number of hydrogen-bond acceptors (Lipinski definition) is 7. The van der Waals surface area contributed by atoms with E-state index < -0.39 is 29.4 Å². The van der Waals surface area contributed by atoms with Gasteiger partial charge in [-0.3, -0.25) is 9.59 Å². The zero-order valence-corrected chi connectivity index (χ0v) is 16.7. The summed E-state index contributed by atoms with van der Waals surface area (Å²) in [6.45, 7) is 0. The van der Waals surface area contributed by atoms with Crippen LogP contribution in [0.1, 0.15) is 57.8 Å². The van der Waals surface area contributed by atoms with E-state index in [1.165, 1.54) is 46.3 Å². The third-order valence-corrected chi connectivity index (χ3v) is 8.12. The third-order valence-electron chi connectivity index (χ3n) is 8.12. The van der Waals surface area contributed by atoms with Crippen LogP contribution in [0.2, 0.25) is 0 Å². The van der Waals surface area contributed by atoms with Crippen LogP contribution in [0.4, 0.5) is 0 Å². The molecule has 5 aliphatic carbocycles. The molecule has 2 spiro atoms. The monoisotopic (exact) mass is 394 g/mol. The van der Waals surface area contributed by atoms with Crippen molar-refractivity contribution in [2.45, 2.75) is 69.4 Å². The van der Waals surface area contributed by atoms with Gasteiger partial charge in [0.1, 0.15) is 0 Å². The van der Waals surface area contributed by atoms with Crippen molar-refractivity contribution < 1.29 is 33.6 Å². The Morgan fingerprint density at radius 3 is 1.89 bits per heavy atom. The van der Waals surface area contributed by atoms with E-state index in [0.29, 0.717) is 37.5 Å². The molecule has 6 rings (SSSR count). The molecule has 0 N–H and O–H groups in total. The molecule has 4 bridgehead atoms. The molecule has 1 aliphatic heterocycles. The quantitative estimate of drug-likeness (QED) is 0.414. The zero-order valence-electron chi connectivity index (χ0n) is 16.7. The first-order chi connectivity index (χ1) is 13.5. The summed E-state index contributed by atoms with van der Waals surface area (Å²) in [6, 6.07) is 0. The molecule has 0 atom stereocenters. The van der Waals surface area contributed by atoms with Gasteiger partial charge in [0, 0.05) is 24.7 Å². The Morgan fingerprint density at radius 2 is 1.39 bits per heavy atom. The first-order valence-corrected chi connectivity index (χ1v) is 10.7. The van der Waals surface area contributed by atoms with Crippen LogP contribution in [0.3, 0.4) is 0 Å². The van der Waals surface area contributed by atoms with Crippen LogP contribution in [0.25, 0.3) is 0 Å². The molecule has 0 unspecified atom stereocenters. The van der Waals surface area contributed by atoms with Crippen molar-refractivity contribution in [3.05, 3.63) is 0 Å². The number of esters is 2. The van der Waals surface area contributed by atoms with Gasteiger partial charge in [0.2, 0.25) is 11.6 Å². The number of hydrogen-bond donors (Lipinski definition) is 0. The lowest BCUT2D eigenvalue weighted by atomic mass is 9.53. The molecule has 7 nitrogen and oxygen atoms in total. The molecule has 0 radical (unpaired) electrons. The summed E-state index contributed by atoms with van der Waals surface area (Å²) >= 11 is 0. The van der Waals surface area contributed by atoms with Crippen molar-refractivity contribution in [3.8, 4) is 0 Å². The molecule has 0 aromatic rings. The van der Waals surface area contributed by atoms with Gasteiger partial charge in [-0.15, -0.1) is 0 Å². The minimum atomic E-state index is -0.884. The van der Waals surface area contributed by atoms with Crippen LogP contribution < -0.4 is 0 Å². The number of carbonyl (C=O) groups is 2. The van der Waals surface area contributed by atoms with Crippen molar-refractivity contribution in [2.75, 3.05) is 14.2 Å². The van der Waals surface area contributed by atoms with Crippen LogP contribution in [0.15, 0.2) is 0 Å². The number of ether oxygens (including phenoxy) is 3. The lowest BCUT2D eigenvalue weighted by Crippen LogP contribution is -2.59. The molecule has 1 heterocycles. The highest BCUT2D eigenvalue weighted by Crippen LogP contribution is 2.64. The standard InChI is InChI=1S/C21H30O7/c1-24-18(22)17(19(23)25-2)14-3-5-20(6-4-14)26-21(28-27-20)15-8-12-7-13(10-15)11-16(21)9-12/h12-17H,3-11H2,1-2H3. The first-order valence-electron chi connectivity index (χ1n) is 10.7. The van der Waals surface area contributed by atoms with E-state index in [2.05, 4.69) is 0 Å². The van der Waals surface area contributed by atoms with Gasteiger partial charge in [-0.25, -0.2) is 0 Å². The predicted molar refractivity (Wildman–Crippen MR) is 95.2 cm³/mol. The highest BCUT2D eigenvalue weighted by atomic mass is 17.3. The van der Waals surface area contributed by atoms with E-state index in [4.69, 9.17) is 24.0 Å². The third kappa shape index (κ3) is 2.73. The molecule has 1 saturated heterocycles. The van der Waals surface area contributed by atoms with Gasteiger partial charge in [0.15, 0.2) is 5.92 Å². The van der Waals surface area contributed by atoms with Gasteiger partial charge < -0.3 is 14.2 Å². The molecule has 0 amide bonds. The average Bonchev–Trinajstić information content (AvgIpc) is 3.07. The fraction of sp³-hybridized carbons (Fsp3) is 0.905. The smallest absolute Gasteiger partial charge is 0.320 e. The van der Waals surface area contributed by atoms with Gasteiger partial charge in [-0.05, 0) is 62.7 Å². The summed E-state index contributed by atoms with van der Waals surface area (Å²) in [7, 11) is 2.60. The van der Waals surface area contributed by atoms with E-state index in [1.807, 2.05) is 0 Å². The number of rotatable bonds is 3.